The average molecular weight is 267 g/mol. The Morgan fingerprint density at radius 1 is 1.12 bits per heavy atom. The summed E-state index contributed by atoms with van der Waals surface area (Å²) >= 11 is 1.53. The molecule has 1 saturated heterocycles. The third kappa shape index (κ3) is 2.24. The van der Waals surface area contributed by atoms with Crippen molar-refractivity contribution in [3.8, 4) is 5.75 Å². The second-order valence-electron chi connectivity index (χ2n) is 4.34. The Bertz CT molecular complexity index is 521. The van der Waals surface area contributed by atoms with Crippen LogP contribution < -0.4 is 12.4 Å². The topological polar surface area (TPSA) is 20.2 Å². The van der Waals surface area contributed by atoms with E-state index in [4.69, 9.17) is 0 Å². The number of phenols is 1. The van der Waals surface area contributed by atoms with Gasteiger partial charge in [-0.25, -0.2) is 0 Å². The number of hydrogen-bond donors (Lipinski definition) is 1. The number of thiol groups is 1. The van der Waals surface area contributed by atoms with Crippen molar-refractivity contribution in [3.63, 3.8) is 0 Å². The van der Waals surface area contributed by atoms with Crippen molar-refractivity contribution < 1.29 is 17.5 Å². The van der Waals surface area contributed by atoms with E-state index in [1.165, 1.54) is 29.7 Å². The Morgan fingerprint density at radius 2 is 1.94 bits per heavy atom. The van der Waals surface area contributed by atoms with Gasteiger partial charge in [0.05, 0.1) is 0 Å². The minimum absolute atomic E-state index is 0. The molecule has 0 aliphatic carbocycles. The van der Waals surface area contributed by atoms with E-state index in [0.717, 1.165) is 16.3 Å². The van der Waals surface area contributed by atoms with E-state index in [1.807, 2.05) is 24.3 Å². The third-order valence-corrected chi connectivity index (χ3v) is 4.63. The van der Waals surface area contributed by atoms with Crippen LogP contribution >= 0.6 is 0 Å². The monoisotopic (exact) mass is 266 g/mol. The van der Waals surface area contributed by atoms with Gasteiger partial charge in [0, 0.05) is 23.3 Å². The molecular weight excluding hydrogens is 252 g/mol. The molecule has 2 aromatic rings. The number of fused-ring (bicyclic) bond motifs is 1. The molecule has 0 radical (unpaired) electrons. The average Bonchev–Trinajstić information content (AvgIpc) is 2.83. The van der Waals surface area contributed by atoms with Crippen LogP contribution in [0.5, 0.6) is 5.75 Å². The van der Waals surface area contributed by atoms with Gasteiger partial charge in [-0.2, -0.15) is 0 Å². The van der Waals surface area contributed by atoms with Gasteiger partial charge in [0.1, 0.15) is 17.3 Å². The Morgan fingerprint density at radius 3 is 2.71 bits per heavy atom. The van der Waals surface area contributed by atoms with E-state index >= 15 is 0 Å². The number of phenolic OH excluding ortho intramolecular Hbond substituents is 1. The van der Waals surface area contributed by atoms with Crippen molar-refractivity contribution in [1.82, 2.24) is 0 Å². The minimum Gasteiger partial charge on any atom is -1.00 e. The van der Waals surface area contributed by atoms with Gasteiger partial charge >= 0.3 is 0 Å². The molecule has 1 unspecified atom stereocenters. The largest absolute Gasteiger partial charge is 1.00 e. The zero-order chi connectivity index (χ0) is 11.0. The van der Waals surface area contributed by atoms with Crippen LogP contribution in [0.3, 0.4) is 0 Å². The predicted molar refractivity (Wildman–Crippen MR) is 71.5 cm³/mol. The Hall–Kier alpha value is -0.860. The number of hydrogen-bond acceptors (Lipinski definition) is 1. The maximum atomic E-state index is 10.3. The van der Waals surface area contributed by atoms with Crippen molar-refractivity contribution >= 4 is 22.5 Å². The van der Waals surface area contributed by atoms with Crippen molar-refractivity contribution in [2.75, 3.05) is 11.5 Å². The summed E-state index contributed by atoms with van der Waals surface area (Å²) in [6.45, 7) is 0. The van der Waals surface area contributed by atoms with Gasteiger partial charge in [-0.05, 0) is 17.1 Å². The standard InChI is InChI=1S/C14H14OS.ClH/c15-14-12-4-2-1-3-10(12)5-6-13(14)11-7-8-16-9-11;/h1-6,11,15H,7-9H2;1H. The summed E-state index contributed by atoms with van der Waals surface area (Å²) in [5, 5.41) is 12.4. The molecule has 3 rings (SSSR count). The first-order valence-corrected chi connectivity index (χ1v) is 6.96. The highest BCUT2D eigenvalue weighted by molar-refractivity contribution is 7.78. The normalized spacial score (nSPS) is 19.2. The second-order valence-corrected chi connectivity index (χ2v) is 5.60. The van der Waals surface area contributed by atoms with Crippen LogP contribution in [0.2, 0.25) is 0 Å². The summed E-state index contributed by atoms with van der Waals surface area (Å²) in [4.78, 5) is 0. The number of aromatic hydroxyl groups is 1. The molecule has 3 heteroatoms. The van der Waals surface area contributed by atoms with Crippen molar-refractivity contribution in [3.05, 3.63) is 42.0 Å². The molecule has 1 heterocycles. The van der Waals surface area contributed by atoms with Gasteiger partial charge in [-0.1, -0.05) is 36.4 Å². The first-order valence-electron chi connectivity index (χ1n) is 5.70. The first-order chi connectivity index (χ1) is 7.86. The molecular formula is C14H15ClOS. The number of benzene rings is 2. The Balaban J connectivity index is 0.00000108. The molecule has 17 heavy (non-hydrogen) atoms. The van der Waals surface area contributed by atoms with Crippen LogP contribution in [-0.4, -0.2) is 16.6 Å². The number of rotatable bonds is 1. The van der Waals surface area contributed by atoms with Gasteiger partial charge in [-0.15, -0.1) is 0 Å². The van der Waals surface area contributed by atoms with Crippen molar-refractivity contribution in [2.24, 2.45) is 0 Å². The molecule has 0 bridgehead atoms. The zero-order valence-corrected chi connectivity index (χ0v) is 11.1. The maximum Gasteiger partial charge on any atom is 0.127 e. The maximum absolute atomic E-state index is 10.3. The SMILES string of the molecule is Oc1c(C2CC[SH+]C2)ccc2ccccc12.[Cl-]. The van der Waals surface area contributed by atoms with Gasteiger partial charge in [0.15, 0.2) is 0 Å². The van der Waals surface area contributed by atoms with Crippen molar-refractivity contribution in [1.29, 1.82) is 0 Å². The molecule has 90 valence electrons. The van der Waals surface area contributed by atoms with E-state index in [0.29, 0.717) is 11.7 Å². The van der Waals surface area contributed by atoms with Gasteiger partial charge in [0.2, 0.25) is 0 Å². The predicted octanol–water partition coefficient (Wildman–Crippen LogP) is -0.148. The smallest absolute Gasteiger partial charge is 0.127 e. The first kappa shape index (κ1) is 12.6. The lowest BCUT2D eigenvalue weighted by molar-refractivity contribution is -0.00000404. The van der Waals surface area contributed by atoms with Gasteiger partial charge in [-0.3, -0.25) is 0 Å². The fourth-order valence-electron chi connectivity index (χ4n) is 2.44. The minimum atomic E-state index is 0. The summed E-state index contributed by atoms with van der Waals surface area (Å²) in [5.74, 6) is 3.54. The molecule has 0 spiro atoms. The Kier molecular flexibility index (Phi) is 3.85. The molecule has 0 saturated carbocycles. The van der Waals surface area contributed by atoms with E-state index in [9.17, 15) is 5.11 Å². The summed E-state index contributed by atoms with van der Waals surface area (Å²) in [7, 11) is 0. The number of halogens is 1. The van der Waals surface area contributed by atoms with E-state index < -0.39 is 0 Å². The molecule has 0 aromatic heterocycles. The van der Waals surface area contributed by atoms with E-state index in [1.54, 1.807) is 0 Å². The molecule has 1 nitrogen and oxygen atoms in total. The van der Waals surface area contributed by atoms with Crippen molar-refractivity contribution in [2.45, 2.75) is 12.3 Å². The van der Waals surface area contributed by atoms with Gasteiger partial charge in [0.25, 0.3) is 0 Å². The van der Waals surface area contributed by atoms with Crippen LogP contribution in [0, 0.1) is 0 Å². The summed E-state index contributed by atoms with van der Waals surface area (Å²) in [6.07, 6.45) is 1.22. The molecule has 0 amide bonds. The van der Waals surface area contributed by atoms with Crippen LogP contribution in [0.4, 0.5) is 0 Å². The highest BCUT2D eigenvalue weighted by atomic mass is 35.5. The molecule has 1 fully saturated rings. The fourth-order valence-corrected chi connectivity index (χ4v) is 3.81. The third-order valence-electron chi connectivity index (χ3n) is 3.36. The second kappa shape index (κ2) is 5.19. The zero-order valence-electron chi connectivity index (χ0n) is 9.44. The molecule has 1 N–H and O–H groups in total. The lowest BCUT2D eigenvalue weighted by Gasteiger charge is -2.11. The van der Waals surface area contributed by atoms with Crippen LogP contribution in [0.15, 0.2) is 36.4 Å². The van der Waals surface area contributed by atoms with Crippen LogP contribution in [0.25, 0.3) is 10.8 Å². The van der Waals surface area contributed by atoms with E-state index in [-0.39, 0.29) is 12.4 Å². The molecule has 1 atom stereocenters. The highest BCUT2D eigenvalue weighted by Gasteiger charge is 2.26. The van der Waals surface area contributed by atoms with Gasteiger partial charge < -0.3 is 17.5 Å². The lowest BCUT2D eigenvalue weighted by atomic mass is 9.94. The van der Waals surface area contributed by atoms with E-state index in [2.05, 4.69) is 12.1 Å². The highest BCUT2D eigenvalue weighted by Crippen LogP contribution is 2.36. The Labute approximate surface area is 112 Å². The summed E-state index contributed by atoms with van der Waals surface area (Å²) in [6, 6.07) is 12.3. The van der Waals surface area contributed by atoms with Crippen LogP contribution in [0.1, 0.15) is 17.9 Å². The van der Waals surface area contributed by atoms with Crippen LogP contribution in [-0.2, 0) is 11.8 Å². The molecule has 2 aromatic carbocycles. The lowest BCUT2D eigenvalue weighted by Crippen LogP contribution is -3.00. The molecule has 1 aliphatic rings. The molecule has 1 aliphatic heterocycles. The fraction of sp³-hybridized carbons (Fsp3) is 0.286. The summed E-state index contributed by atoms with van der Waals surface area (Å²) < 4.78 is 0. The quantitative estimate of drug-likeness (QED) is 0.562. The summed E-state index contributed by atoms with van der Waals surface area (Å²) in [5.41, 5.74) is 1.14.